The van der Waals surface area contributed by atoms with E-state index in [4.69, 9.17) is 5.73 Å². The number of aryl methyl sites for hydroxylation is 1. The fraction of sp³-hybridized carbons (Fsp3) is 0.312. The molecule has 2 aromatic rings. The molecule has 0 radical (unpaired) electrons. The van der Waals surface area contributed by atoms with Gasteiger partial charge in [0.2, 0.25) is 0 Å². The van der Waals surface area contributed by atoms with E-state index >= 15 is 0 Å². The molecule has 0 unspecified atom stereocenters. The van der Waals surface area contributed by atoms with Crippen molar-refractivity contribution in [2.45, 2.75) is 26.8 Å². The molecule has 0 saturated carbocycles. The van der Waals surface area contributed by atoms with Gasteiger partial charge in [-0.15, -0.1) is 0 Å². The lowest BCUT2D eigenvalue weighted by Crippen LogP contribution is -2.18. The zero-order valence-corrected chi connectivity index (χ0v) is 11.8. The molecule has 0 fully saturated rings. The molecule has 0 aliphatic carbocycles. The quantitative estimate of drug-likeness (QED) is 0.908. The molecule has 0 spiro atoms. The summed E-state index contributed by atoms with van der Waals surface area (Å²) in [6.07, 6.45) is 1.83. The van der Waals surface area contributed by atoms with E-state index in [0.717, 1.165) is 23.6 Å². The Morgan fingerprint density at radius 3 is 2.68 bits per heavy atom. The lowest BCUT2D eigenvalue weighted by Gasteiger charge is -2.23. The first-order valence-corrected chi connectivity index (χ1v) is 6.67. The van der Waals surface area contributed by atoms with Crippen molar-refractivity contribution in [3.8, 4) is 0 Å². The highest BCUT2D eigenvalue weighted by molar-refractivity contribution is 5.61. The Hall–Kier alpha value is -1.87. The molecule has 19 heavy (non-hydrogen) atoms. The van der Waals surface area contributed by atoms with Crippen LogP contribution in [0.25, 0.3) is 0 Å². The van der Waals surface area contributed by atoms with Crippen molar-refractivity contribution in [1.82, 2.24) is 4.98 Å². The van der Waals surface area contributed by atoms with Gasteiger partial charge in [-0.1, -0.05) is 12.1 Å². The Balaban J connectivity index is 2.39. The van der Waals surface area contributed by atoms with Crippen molar-refractivity contribution in [2.75, 3.05) is 11.4 Å². The lowest BCUT2D eigenvalue weighted by molar-refractivity contribution is 0.813. The Kier molecular flexibility index (Phi) is 4.17. The minimum atomic E-state index is 0.0259. The second-order valence-electron chi connectivity index (χ2n) is 4.82. The van der Waals surface area contributed by atoms with Crippen molar-refractivity contribution in [2.24, 2.45) is 5.73 Å². The molecular formula is C16H21N3. The van der Waals surface area contributed by atoms with Crippen LogP contribution < -0.4 is 10.6 Å². The highest BCUT2D eigenvalue weighted by Crippen LogP contribution is 2.25. The predicted molar refractivity (Wildman–Crippen MR) is 80.7 cm³/mol. The highest BCUT2D eigenvalue weighted by Gasteiger charge is 2.10. The van der Waals surface area contributed by atoms with Crippen LogP contribution in [0.3, 0.4) is 0 Å². The minimum absolute atomic E-state index is 0.0259. The maximum absolute atomic E-state index is 5.94. The Morgan fingerprint density at radius 1 is 1.26 bits per heavy atom. The standard InChI is InChI=1S/C16H21N3/c1-4-19(15-7-5-6-12(2)10-15)16-11-14(13(3)17)8-9-18-16/h5-11,13H,4,17H2,1-3H3/t13-/m1/s1. The second-order valence-corrected chi connectivity index (χ2v) is 4.82. The van der Waals surface area contributed by atoms with Gasteiger partial charge in [-0.2, -0.15) is 0 Å². The van der Waals surface area contributed by atoms with E-state index in [-0.39, 0.29) is 6.04 Å². The molecule has 1 aromatic carbocycles. The monoisotopic (exact) mass is 255 g/mol. The van der Waals surface area contributed by atoms with E-state index in [1.807, 2.05) is 19.2 Å². The van der Waals surface area contributed by atoms with Crippen molar-refractivity contribution < 1.29 is 0 Å². The third kappa shape index (κ3) is 3.12. The van der Waals surface area contributed by atoms with Gasteiger partial charge in [0.05, 0.1) is 0 Å². The fourth-order valence-electron chi connectivity index (χ4n) is 2.14. The highest BCUT2D eigenvalue weighted by atomic mass is 15.2. The number of aromatic nitrogens is 1. The number of nitrogens with zero attached hydrogens (tertiary/aromatic N) is 2. The summed E-state index contributed by atoms with van der Waals surface area (Å²) in [5, 5.41) is 0. The molecule has 1 aromatic heterocycles. The summed E-state index contributed by atoms with van der Waals surface area (Å²) < 4.78 is 0. The van der Waals surface area contributed by atoms with Crippen LogP contribution in [-0.4, -0.2) is 11.5 Å². The number of rotatable bonds is 4. The molecule has 0 saturated heterocycles. The number of pyridine rings is 1. The lowest BCUT2D eigenvalue weighted by atomic mass is 10.1. The molecule has 0 amide bonds. The fourth-order valence-corrected chi connectivity index (χ4v) is 2.14. The summed E-state index contributed by atoms with van der Waals surface area (Å²) in [6.45, 7) is 7.09. The van der Waals surface area contributed by atoms with Crippen LogP contribution in [0.15, 0.2) is 42.6 Å². The third-order valence-corrected chi connectivity index (χ3v) is 3.20. The number of nitrogens with two attached hydrogens (primary N) is 1. The van der Waals surface area contributed by atoms with Crippen LogP contribution in [0.4, 0.5) is 11.5 Å². The van der Waals surface area contributed by atoms with Crippen LogP contribution in [0, 0.1) is 6.92 Å². The van der Waals surface area contributed by atoms with Gasteiger partial charge in [0.15, 0.2) is 0 Å². The van der Waals surface area contributed by atoms with Gasteiger partial charge >= 0.3 is 0 Å². The van der Waals surface area contributed by atoms with E-state index in [0.29, 0.717) is 0 Å². The molecule has 2 N–H and O–H groups in total. The van der Waals surface area contributed by atoms with Crippen LogP contribution in [0.1, 0.15) is 31.0 Å². The summed E-state index contributed by atoms with van der Waals surface area (Å²) in [6, 6.07) is 12.5. The van der Waals surface area contributed by atoms with Crippen LogP contribution in [0.5, 0.6) is 0 Å². The molecule has 1 atom stereocenters. The van der Waals surface area contributed by atoms with Crippen molar-refractivity contribution in [1.29, 1.82) is 0 Å². The summed E-state index contributed by atoms with van der Waals surface area (Å²) >= 11 is 0. The second kappa shape index (κ2) is 5.85. The first-order valence-electron chi connectivity index (χ1n) is 6.67. The van der Waals surface area contributed by atoms with Crippen LogP contribution >= 0.6 is 0 Å². The Morgan fingerprint density at radius 2 is 2.05 bits per heavy atom. The summed E-state index contributed by atoms with van der Waals surface area (Å²) in [7, 11) is 0. The van der Waals surface area contributed by atoms with E-state index in [2.05, 4.69) is 54.1 Å². The number of benzene rings is 1. The van der Waals surface area contributed by atoms with Crippen LogP contribution in [-0.2, 0) is 0 Å². The van der Waals surface area contributed by atoms with Crippen molar-refractivity contribution >= 4 is 11.5 Å². The molecule has 3 nitrogen and oxygen atoms in total. The van der Waals surface area contributed by atoms with E-state index in [1.54, 1.807) is 0 Å². The molecule has 0 aliphatic rings. The zero-order chi connectivity index (χ0) is 13.8. The SMILES string of the molecule is CCN(c1cccc(C)c1)c1cc([C@@H](C)N)ccn1. The summed E-state index contributed by atoms with van der Waals surface area (Å²) in [4.78, 5) is 6.66. The minimum Gasteiger partial charge on any atom is -0.327 e. The summed E-state index contributed by atoms with van der Waals surface area (Å²) in [5.41, 5.74) is 9.46. The van der Waals surface area contributed by atoms with E-state index in [9.17, 15) is 0 Å². The van der Waals surface area contributed by atoms with E-state index in [1.165, 1.54) is 5.56 Å². The van der Waals surface area contributed by atoms with Gasteiger partial charge in [0, 0.05) is 24.5 Å². The smallest absolute Gasteiger partial charge is 0.133 e. The first-order chi connectivity index (χ1) is 9.11. The molecule has 3 heteroatoms. The van der Waals surface area contributed by atoms with Crippen molar-refractivity contribution in [3.05, 3.63) is 53.7 Å². The topological polar surface area (TPSA) is 42.1 Å². The third-order valence-electron chi connectivity index (χ3n) is 3.20. The largest absolute Gasteiger partial charge is 0.327 e. The van der Waals surface area contributed by atoms with Gasteiger partial charge in [0.25, 0.3) is 0 Å². The predicted octanol–water partition coefficient (Wildman–Crippen LogP) is 3.57. The molecule has 2 rings (SSSR count). The maximum Gasteiger partial charge on any atom is 0.133 e. The average molecular weight is 255 g/mol. The van der Waals surface area contributed by atoms with Crippen LogP contribution in [0.2, 0.25) is 0 Å². The number of hydrogen-bond donors (Lipinski definition) is 1. The normalized spacial score (nSPS) is 12.2. The van der Waals surface area contributed by atoms with Gasteiger partial charge in [0.1, 0.15) is 5.82 Å². The molecule has 100 valence electrons. The zero-order valence-electron chi connectivity index (χ0n) is 11.8. The Bertz CT molecular complexity index is 549. The molecular weight excluding hydrogens is 234 g/mol. The maximum atomic E-state index is 5.94. The van der Waals surface area contributed by atoms with Gasteiger partial charge in [-0.3, -0.25) is 0 Å². The van der Waals surface area contributed by atoms with Gasteiger partial charge in [-0.05, 0) is 56.2 Å². The molecule has 0 aliphatic heterocycles. The van der Waals surface area contributed by atoms with Crippen molar-refractivity contribution in [3.63, 3.8) is 0 Å². The first kappa shape index (κ1) is 13.6. The number of hydrogen-bond acceptors (Lipinski definition) is 3. The molecule has 0 bridgehead atoms. The van der Waals surface area contributed by atoms with Gasteiger partial charge in [-0.25, -0.2) is 4.98 Å². The number of anilines is 2. The Labute approximate surface area is 115 Å². The van der Waals surface area contributed by atoms with Gasteiger partial charge < -0.3 is 10.6 Å². The average Bonchev–Trinajstić information content (AvgIpc) is 2.40. The van der Waals surface area contributed by atoms with E-state index < -0.39 is 0 Å². The summed E-state index contributed by atoms with van der Waals surface area (Å²) in [5.74, 6) is 0.947. The molecule has 1 heterocycles.